The molecule has 0 saturated carbocycles. The number of imidazole rings is 2. The molecule has 7 heteroatoms. The number of aromatic nitrogens is 5. The van der Waals surface area contributed by atoms with Crippen LogP contribution in [0.2, 0.25) is 0 Å². The molecule has 0 fully saturated rings. The van der Waals surface area contributed by atoms with Crippen molar-refractivity contribution in [3.63, 3.8) is 0 Å². The number of hydrogen-bond donors (Lipinski definition) is 0. The first-order valence-corrected chi connectivity index (χ1v) is 15.1. The highest BCUT2D eigenvalue weighted by Gasteiger charge is 2.25. The molecule has 2 aliphatic heterocycles. The van der Waals surface area contributed by atoms with E-state index in [2.05, 4.69) is 136 Å². The van der Waals surface area contributed by atoms with Crippen molar-refractivity contribution in [3.05, 3.63) is 126 Å². The Balaban J connectivity index is 1.43. The number of anilines is 2. The van der Waals surface area contributed by atoms with Gasteiger partial charge in [-0.25, -0.2) is 9.97 Å². The summed E-state index contributed by atoms with van der Waals surface area (Å²) < 4.78 is 4.49. The molecule has 0 saturated heterocycles. The van der Waals surface area contributed by atoms with Crippen molar-refractivity contribution < 1.29 is 0 Å². The molecule has 0 spiro atoms. The Morgan fingerprint density at radius 2 is 0.909 bits per heavy atom. The van der Waals surface area contributed by atoms with Gasteiger partial charge in [-0.2, -0.15) is 0 Å². The van der Waals surface area contributed by atoms with Gasteiger partial charge in [0.1, 0.15) is 11.6 Å². The zero-order valence-electron chi connectivity index (χ0n) is 24.8. The number of benzene rings is 4. The second-order valence-corrected chi connectivity index (χ2v) is 11.9. The topological polar surface area (TPSA) is 55.0 Å². The third kappa shape index (κ3) is 3.78. The van der Waals surface area contributed by atoms with E-state index in [4.69, 9.17) is 15.0 Å². The van der Waals surface area contributed by atoms with E-state index in [-0.39, 0.29) is 0 Å². The van der Waals surface area contributed by atoms with Crippen molar-refractivity contribution in [2.24, 2.45) is 14.1 Å². The van der Waals surface area contributed by atoms with Crippen LogP contribution in [0.25, 0.3) is 44.8 Å². The molecule has 3 aromatic heterocycles. The molecule has 7 nitrogen and oxygen atoms in total. The molecule has 0 N–H and O–H groups in total. The summed E-state index contributed by atoms with van der Waals surface area (Å²) in [6.07, 6.45) is 0. The minimum absolute atomic E-state index is 0.659. The molecule has 9 rings (SSSR count). The molecular formula is C37H31N7. The molecule has 0 radical (unpaired) electrons. The maximum atomic E-state index is 5.37. The Kier molecular flexibility index (Phi) is 5.44. The molecule has 4 aromatic carbocycles. The van der Waals surface area contributed by atoms with E-state index in [9.17, 15) is 0 Å². The summed E-state index contributed by atoms with van der Waals surface area (Å²) in [5.74, 6) is 1.92. The van der Waals surface area contributed by atoms with Gasteiger partial charge in [0.15, 0.2) is 0 Å². The second kappa shape index (κ2) is 9.54. The lowest BCUT2D eigenvalue weighted by Crippen LogP contribution is -2.26. The van der Waals surface area contributed by atoms with Crippen LogP contribution in [0.5, 0.6) is 0 Å². The van der Waals surface area contributed by atoms with Crippen LogP contribution in [0.1, 0.15) is 22.5 Å². The first-order valence-electron chi connectivity index (χ1n) is 15.1. The molecule has 2 aliphatic rings. The number of hydrogen-bond acceptors (Lipinski definition) is 5. The van der Waals surface area contributed by atoms with Crippen LogP contribution in [-0.4, -0.2) is 24.1 Å². The third-order valence-electron chi connectivity index (χ3n) is 9.25. The summed E-state index contributed by atoms with van der Waals surface area (Å²) >= 11 is 0. The SMILES string of the molecule is Cn1c2nc3c(cccc31)CN1Cc3cccc(n3)CN(Cc3cccc4c3nc(n4C)-c3ccccc31)c1ccccc1-2. The van der Waals surface area contributed by atoms with Gasteiger partial charge in [0.2, 0.25) is 0 Å². The van der Waals surface area contributed by atoms with E-state index >= 15 is 0 Å². The maximum absolute atomic E-state index is 5.37. The van der Waals surface area contributed by atoms with Gasteiger partial charge < -0.3 is 18.9 Å². The summed E-state index contributed by atoms with van der Waals surface area (Å²) in [6.45, 7) is 2.68. The highest BCUT2D eigenvalue weighted by molar-refractivity contribution is 5.89. The van der Waals surface area contributed by atoms with E-state index in [1.807, 2.05) is 0 Å². The van der Waals surface area contributed by atoms with E-state index in [1.54, 1.807) is 0 Å². The quantitative estimate of drug-likeness (QED) is 0.192. The van der Waals surface area contributed by atoms with E-state index in [0.717, 1.165) is 67.6 Å². The fourth-order valence-electron chi connectivity index (χ4n) is 7.12. The van der Waals surface area contributed by atoms with Gasteiger partial charge in [-0.1, -0.05) is 54.6 Å². The van der Waals surface area contributed by atoms with E-state index < -0.39 is 0 Å². The van der Waals surface area contributed by atoms with Crippen LogP contribution in [0, 0.1) is 0 Å². The van der Waals surface area contributed by atoms with Crippen molar-refractivity contribution >= 4 is 33.4 Å². The van der Waals surface area contributed by atoms with Crippen molar-refractivity contribution in [1.29, 1.82) is 0 Å². The van der Waals surface area contributed by atoms with Gasteiger partial charge >= 0.3 is 0 Å². The van der Waals surface area contributed by atoms with Gasteiger partial charge in [-0.3, -0.25) is 4.98 Å². The normalized spacial score (nSPS) is 14.1. The summed E-state index contributed by atoms with van der Waals surface area (Å²) in [4.78, 5) is 20.9. The number of aryl methyl sites for hydroxylation is 2. The zero-order valence-corrected chi connectivity index (χ0v) is 24.8. The lowest BCUT2D eigenvalue weighted by Gasteiger charge is -2.29. The molecule has 7 aromatic rings. The van der Waals surface area contributed by atoms with E-state index in [0.29, 0.717) is 26.2 Å². The van der Waals surface area contributed by atoms with Gasteiger partial charge in [-0.15, -0.1) is 0 Å². The predicted octanol–water partition coefficient (Wildman–Crippen LogP) is 7.23. The number of nitrogens with zero attached hydrogens (tertiary/aromatic N) is 7. The highest BCUT2D eigenvalue weighted by atomic mass is 15.2. The fourth-order valence-corrected chi connectivity index (χ4v) is 7.12. The van der Waals surface area contributed by atoms with Crippen molar-refractivity contribution in [3.8, 4) is 22.8 Å². The average Bonchev–Trinajstić information content (AvgIpc) is 3.57. The maximum Gasteiger partial charge on any atom is 0.142 e. The first-order chi connectivity index (χ1) is 21.6. The van der Waals surface area contributed by atoms with Crippen molar-refractivity contribution in [1.82, 2.24) is 24.1 Å². The third-order valence-corrected chi connectivity index (χ3v) is 9.25. The zero-order chi connectivity index (χ0) is 29.4. The van der Waals surface area contributed by atoms with Crippen LogP contribution >= 0.6 is 0 Å². The summed E-state index contributed by atoms with van der Waals surface area (Å²) in [5.41, 5.74) is 13.2. The Bertz CT molecular complexity index is 2090. The predicted molar refractivity (Wildman–Crippen MR) is 176 cm³/mol. The lowest BCUT2D eigenvalue weighted by molar-refractivity contribution is 0.751. The van der Waals surface area contributed by atoms with Gasteiger partial charge in [0.05, 0.1) is 46.5 Å². The molecular weight excluding hydrogens is 542 g/mol. The minimum atomic E-state index is 0.659. The standard InChI is InChI=1S/C37H31N7/c1-41-32-18-7-10-24-20-44-23-27-13-9-12-26(38-27)22-43(30-16-5-3-14-28(30)36(41)39-34(24)32)21-25-11-8-19-33-35(25)40-37(42(33)2)29-15-4-6-17-31(29)44/h3-19H,20-23H2,1-2H3. The molecule has 0 aliphatic carbocycles. The molecule has 0 atom stereocenters. The number of rotatable bonds is 0. The van der Waals surface area contributed by atoms with Crippen molar-refractivity contribution in [2.75, 3.05) is 9.80 Å². The van der Waals surface area contributed by atoms with Crippen LogP contribution in [0.4, 0.5) is 11.4 Å². The fraction of sp³-hybridized carbons (Fsp3) is 0.162. The van der Waals surface area contributed by atoms with Crippen LogP contribution in [0.15, 0.2) is 103 Å². The molecule has 5 heterocycles. The van der Waals surface area contributed by atoms with Gasteiger partial charge in [-0.05, 0) is 59.7 Å². The number of pyridine rings is 1. The Labute approximate surface area is 255 Å². The largest absolute Gasteiger partial charge is 0.361 e. The van der Waals surface area contributed by atoms with Crippen LogP contribution < -0.4 is 9.80 Å². The molecule has 0 unspecified atom stereocenters. The number of fused-ring (bicyclic) bond motifs is 10. The highest BCUT2D eigenvalue weighted by Crippen LogP contribution is 2.39. The smallest absolute Gasteiger partial charge is 0.142 e. The Morgan fingerprint density at radius 1 is 0.455 bits per heavy atom. The average molecular weight is 574 g/mol. The Hall–Kier alpha value is -5.43. The van der Waals surface area contributed by atoms with Crippen LogP contribution in [-0.2, 0) is 40.3 Å². The molecule has 0 amide bonds. The number of para-hydroxylation sites is 4. The summed E-state index contributed by atoms with van der Waals surface area (Å²) in [6, 6.07) is 36.9. The molecule has 44 heavy (non-hydrogen) atoms. The Morgan fingerprint density at radius 3 is 1.41 bits per heavy atom. The first kappa shape index (κ1) is 25.1. The minimum Gasteiger partial charge on any atom is -0.361 e. The molecule has 8 bridgehead atoms. The van der Waals surface area contributed by atoms with Crippen LogP contribution in [0.3, 0.4) is 0 Å². The summed E-state index contributed by atoms with van der Waals surface area (Å²) in [5, 5.41) is 0. The second-order valence-electron chi connectivity index (χ2n) is 11.9. The van der Waals surface area contributed by atoms with Gasteiger partial charge in [0.25, 0.3) is 0 Å². The van der Waals surface area contributed by atoms with E-state index in [1.165, 1.54) is 11.1 Å². The van der Waals surface area contributed by atoms with Crippen molar-refractivity contribution in [2.45, 2.75) is 26.2 Å². The molecule has 214 valence electrons. The lowest BCUT2D eigenvalue weighted by atomic mass is 10.1. The van der Waals surface area contributed by atoms with Gasteiger partial charge in [0, 0.05) is 49.7 Å². The summed E-state index contributed by atoms with van der Waals surface area (Å²) in [7, 11) is 4.27. The monoisotopic (exact) mass is 573 g/mol.